The van der Waals surface area contributed by atoms with Crippen molar-refractivity contribution in [3.05, 3.63) is 35.9 Å². The highest BCUT2D eigenvalue weighted by Gasteiger charge is 2.33. The molecule has 19 heteroatoms. The van der Waals surface area contributed by atoms with Crippen molar-refractivity contribution in [3.63, 3.8) is 0 Å². The van der Waals surface area contributed by atoms with Gasteiger partial charge in [-0.05, 0) is 30.7 Å². The normalized spacial score (nSPS) is 13.8. The van der Waals surface area contributed by atoms with Crippen LogP contribution >= 0.6 is 0 Å². The van der Waals surface area contributed by atoms with E-state index in [4.69, 9.17) is 21.7 Å². The molecule has 50 heavy (non-hydrogen) atoms. The third-order valence-electron chi connectivity index (χ3n) is 7.11. The van der Waals surface area contributed by atoms with Crippen LogP contribution in [0.2, 0.25) is 0 Å². The molecule has 0 radical (unpaired) electrons. The van der Waals surface area contributed by atoms with Crippen LogP contribution in [0.4, 0.5) is 0 Å². The number of benzene rings is 1. The van der Waals surface area contributed by atoms with Crippen molar-refractivity contribution in [1.29, 1.82) is 0 Å². The highest BCUT2D eigenvalue weighted by molar-refractivity contribution is 5.98. The fourth-order valence-electron chi connectivity index (χ4n) is 4.37. The predicted molar refractivity (Wildman–Crippen MR) is 176 cm³/mol. The lowest BCUT2D eigenvalue weighted by atomic mass is 10.0. The number of aliphatic hydroxyl groups is 2. The van der Waals surface area contributed by atoms with Gasteiger partial charge in [0, 0.05) is 13.2 Å². The lowest BCUT2D eigenvalue weighted by Crippen LogP contribution is -2.60. The molecule has 0 spiro atoms. The fourth-order valence-corrected chi connectivity index (χ4v) is 4.37. The maximum absolute atomic E-state index is 13.4. The molecule has 5 atom stereocenters. The summed E-state index contributed by atoms with van der Waals surface area (Å²) in [4.78, 5) is 99.8. The van der Waals surface area contributed by atoms with Gasteiger partial charge in [-0.15, -0.1) is 0 Å². The third kappa shape index (κ3) is 16.3. The fraction of sp³-hybridized carbons (Fsp3) is 0.548. The minimum absolute atomic E-state index is 0.0308. The highest BCUT2D eigenvalue weighted by Crippen LogP contribution is 2.08. The first-order chi connectivity index (χ1) is 23.6. The summed E-state index contributed by atoms with van der Waals surface area (Å²) in [7, 11) is 0. The number of aryl methyl sites for hydroxylation is 1. The zero-order valence-corrected chi connectivity index (χ0v) is 28.0. The second kappa shape index (κ2) is 22.5. The lowest BCUT2D eigenvalue weighted by molar-refractivity contribution is -0.140. The summed E-state index contributed by atoms with van der Waals surface area (Å²) in [6.07, 6.45) is -0.942. The van der Waals surface area contributed by atoms with Gasteiger partial charge in [0.1, 0.15) is 24.2 Å². The van der Waals surface area contributed by atoms with E-state index in [-0.39, 0.29) is 26.0 Å². The Labute approximate surface area is 288 Å². The molecule has 19 nitrogen and oxygen atoms in total. The first kappa shape index (κ1) is 42.9. The standard InChI is InChI=1S/C31H48N8O11/c1-17(2)26(31(50)35-15-24(43)34-11-6-12-40)39-30(49)22(16-41)38-29(48)21(14-23(33)42)37-28(47)20(10-9-18-7-4-3-5-8-18)36-27(46)19(32)13-25(44)45/h3-5,7-8,17,19-22,26,40-41H,6,9-16,32H2,1-2H3,(H2,33,42)(H,34,43)(H,35,50)(H,36,46)(H,37,47)(H,38,48)(H,39,49)(H,44,45). The Kier molecular flexibility index (Phi) is 19.3. The van der Waals surface area contributed by atoms with Crippen LogP contribution in [0.15, 0.2) is 30.3 Å². The lowest BCUT2D eigenvalue weighted by Gasteiger charge is -2.26. The Morgan fingerprint density at radius 1 is 0.740 bits per heavy atom. The van der Waals surface area contributed by atoms with Crippen molar-refractivity contribution in [2.45, 2.75) is 76.2 Å². The molecule has 1 aromatic carbocycles. The van der Waals surface area contributed by atoms with Gasteiger partial charge in [-0.25, -0.2) is 0 Å². The zero-order chi connectivity index (χ0) is 37.8. The number of amides is 7. The monoisotopic (exact) mass is 708 g/mol. The van der Waals surface area contributed by atoms with Crippen LogP contribution in [0, 0.1) is 5.92 Å². The molecule has 278 valence electrons. The molecule has 0 saturated carbocycles. The second-order valence-electron chi connectivity index (χ2n) is 11.6. The minimum Gasteiger partial charge on any atom is -0.481 e. The topological polar surface area (TPSA) is 321 Å². The van der Waals surface area contributed by atoms with Crippen LogP contribution in [-0.4, -0.2) is 119 Å². The Morgan fingerprint density at radius 3 is 1.88 bits per heavy atom. The van der Waals surface area contributed by atoms with Crippen LogP contribution in [-0.2, 0) is 44.8 Å². The average Bonchev–Trinajstić information content (AvgIpc) is 3.05. The van der Waals surface area contributed by atoms with E-state index in [0.717, 1.165) is 5.56 Å². The van der Waals surface area contributed by atoms with Crippen LogP contribution < -0.4 is 43.4 Å². The maximum Gasteiger partial charge on any atom is 0.305 e. The number of aliphatic hydroxyl groups excluding tert-OH is 2. The van der Waals surface area contributed by atoms with Crippen LogP contribution in [0.3, 0.4) is 0 Å². The number of carbonyl (C=O) groups excluding carboxylic acids is 7. The van der Waals surface area contributed by atoms with E-state index in [1.807, 2.05) is 0 Å². The molecular formula is C31H48N8O11. The number of nitrogens with one attached hydrogen (secondary N) is 6. The SMILES string of the molecule is CC(C)C(NC(=O)C(CO)NC(=O)C(CC(N)=O)NC(=O)C(CCc1ccccc1)NC(=O)C(N)CC(=O)O)C(=O)NCC(=O)NCCCO. The number of carboxylic acid groups (broad SMARTS) is 1. The summed E-state index contributed by atoms with van der Waals surface area (Å²) in [6, 6.07) is 1.38. The van der Waals surface area contributed by atoms with E-state index < -0.39 is 109 Å². The van der Waals surface area contributed by atoms with Gasteiger partial charge >= 0.3 is 5.97 Å². The first-order valence-electron chi connectivity index (χ1n) is 15.9. The van der Waals surface area contributed by atoms with Crippen LogP contribution in [0.25, 0.3) is 0 Å². The molecule has 0 aromatic heterocycles. The van der Waals surface area contributed by atoms with Crippen molar-refractivity contribution >= 4 is 47.3 Å². The Morgan fingerprint density at radius 2 is 1.32 bits per heavy atom. The van der Waals surface area contributed by atoms with Gasteiger partial charge < -0.3 is 58.7 Å². The van der Waals surface area contributed by atoms with Gasteiger partial charge in [0.05, 0.1) is 32.0 Å². The van der Waals surface area contributed by atoms with E-state index in [1.54, 1.807) is 44.2 Å². The van der Waals surface area contributed by atoms with Gasteiger partial charge in [0.25, 0.3) is 0 Å². The summed E-state index contributed by atoms with van der Waals surface area (Å²) in [5, 5.41) is 41.8. The molecular weight excluding hydrogens is 660 g/mol. The molecule has 0 saturated heterocycles. The van der Waals surface area contributed by atoms with Crippen LogP contribution in [0.1, 0.15) is 45.1 Å². The summed E-state index contributed by atoms with van der Waals surface area (Å²) in [5.41, 5.74) is 11.7. The molecule has 7 amide bonds. The Bertz CT molecular complexity index is 1330. The molecule has 0 heterocycles. The summed E-state index contributed by atoms with van der Waals surface area (Å²) >= 11 is 0. The van der Waals surface area contributed by atoms with Crippen molar-refractivity contribution in [3.8, 4) is 0 Å². The first-order valence-corrected chi connectivity index (χ1v) is 15.9. The van der Waals surface area contributed by atoms with E-state index in [1.165, 1.54) is 0 Å². The molecule has 1 aromatic rings. The highest BCUT2D eigenvalue weighted by atomic mass is 16.4. The second-order valence-corrected chi connectivity index (χ2v) is 11.6. The number of hydrogen-bond acceptors (Lipinski definition) is 11. The molecule has 5 unspecified atom stereocenters. The summed E-state index contributed by atoms with van der Waals surface area (Å²) < 4.78 is 0. The van der Waals surface area contributed by atoms with Gasteiger partial charge in [-0.3, -0.25) is 38.4 Å². The van der Waals surface area contributed by atoms with Gasteiger partial charge in [-0.2, -0.15) is 0 Å². The molecule has 1 rings (SSSR count). The average molecular weight is 709 g/mol. The quantitative estimate of drug-likeness (QED) is 0.0479. The zero-order valence-electron chi connectivity index (χ0n) is 28.0. The molecule has 0 aliphatic rings. The predicted octanol–water partition coefficient (Wildman–Crippen LogP) is -4.50. The minimum atomic E-state index is -1.70. The van der Waals surface area contributed by atoms with E-state index >= 15 is 0 Å². The van der Waals surface area contributed by atoms with Crippen molar-refractivity contribution < 1.29 is 53.7 Å². The van der Waals surface area contributed by atoms with E-state index in [2.05, 4.69) is 31.9 Å². The molecule has 0 fully saturated rings. The van der Waals surface area contributed by atoms with E-state index in [0.29, 0.717) is 6.42 Å². The Balaban J connectivity index is 3.06. The number of aliphatic carboxylic acids is 1. The van der Waals surface area contributed by atoms with Crippen LogP contribution in [0.5, 0.6) is 0 Å². The largest absolute Gasteiger partial charge is 0.481 e. The number of rotatable bonds is 23. The van der Waals surface area contributed by atoms with Gasteiger partial charge in [-0.1, -0.05) is 44.2 Å². The number of nitrogens with two attached hydrogens (primary N) is 2. The third-order valence-corrected chi connectivity index (χ3v) is 7.11. The molecule has 0 bridgehead atoms. The number of primary amides is 1. The van der Waals surface area contributed by atoms with Crippen molar-refractivity contribution in [1.82, 2.24) is 31.9 Å². The maximum atomic E-state index is 13.4. The number of hydrogen-bond donors (Lipinski definition) is 11. The molecule has 0 aliphatic heterocycles. The van der Waals surface area contributed by atoms with Crippen molar-refractivity contribution in [2.24, 2.45) is 17.4 Å². The molecule has 13 N–H and O–H groups in total. The molecule has 0 aliphatic carbocycles. The summed E-state index contributed by atoms with van der Waals surface area (Å²) in [5.74, 6) is -8.20. The number of carboxylic acids is 1. The summed E-state index contributed by atoms with van der Waals surface area (Å²) in [6.45, 7) is 1.86. The smallest absolute Gasteiger partial charge is 0.305 e. The van der Waals surface area contributed by atoms with E-state index in [9.17, 15) is 43.5 Å². The van der Waals surface area contributed by atoms with Gasteiger partial charge in [0.15, 0.2) is 0 Å². The van der Waals surface area contributed by atoms with Gasteiger partial charge in [0.2, 0.25) is 41.4 Å². The number of carbonyl (C=O) groups is 8. The van der Waals surface area contributed by atoms with Crippen molar-refractivity contribution in [2.75, 3.05) is 26.3 Å². The Hall–Kier alpha value is -5.14.